The van der Waals surface area contributed by atoms with Crippen LogP contribution in [0.4, 0.5) is 24.5 Å². The number of benzene rings is 2. The van der Waals surface area contributed by atoms with Crippen LogP contribution in [-0.4, -0.2) is 18.4 Å². The van der Waals surface area contributed by atoms with Crippen molar-refractivity contribution in [1.29, 1.82) is 0 Å². The average Bonchev–Trinajstić information content (AvgIpc) is 2.97. The predicted molar refractivity (Wildman–Crippen MR) is 92.0 cm³/mol. The molecular weight excluding hydrogens is 369 g/mol. The Hall–Kier alpha value is -2.54. The van der Waals surface area contributed by atoms with E-state index >= 15 is 0 Å². The molecule has 8 heteroatoms. The molecule has 2 aromatic carbocycles. The highest BCUT2D eigenvalue weighted by molar-refractivity contribution is 6.30. The fraction of sp³-hybridized carbons (Fsp3) is 0.222. The lowest BCUT2D eigenvalue weighted by molar-refractivity contribution is -0.137. The van der Waals surface area contributed by atoms with Crippen LogP contribution >= 0.6 is 11.6 Å². The first-order chi connectivity index (χ1) is 12.3. The van der Waals surface area contributed by atoms with Gasteiger partial charge in [0.25, 0.3) is 0 Å². The van der Waals surface area contributed by atoms with Crippen molar-refractivity contribution in [2.75, 3.05) is 16.8 Å². The minimum Gasteiger partial charge on any atom is -0.326 e. The van der Waals surface area contributed by atoms with Gasteiger partial charge in [-0.3, -0.25) is 9.59 Å². The predicted octanol–water partition coefficient (Wildman–Crippen LogP) is 4.35. The molecule has 0 saturated carbocycles. The zero-order valence-electron chi connectivity index (χ0n) is 13.4. The van der Waals surface area contributed by atoms with Gasteiger partial charge in [0.15, 0.2) is 0 Å². The van der Waals surface area contributed by atoms with E-state index in [-0.39, 0.29) is 23.7 Å². The molecule has 26 heavy (non-hydrogen) atoms. The summed E-state index contributed by atoms with van der Waals surface area (Å²) in [7, 11) is 0. The van der Waals surface area contributed by atoms with Gasteiger partial charge in [-0.2, -0.15) is 13.2 Å². The van der Waals surface area contributed by atoms with Gasteiger partial charge in [-0.25, -0.2) is 0 Å². The van der Waals surface area contributed by atoms with Crippen LogP contribution in [0.15, 0.2) is 48.5 Å². The number of hydrogen-bond donors (Lipinski definition) is 1. The van der Waals surface area contributed by atoms with Crippen molar-refractivity contribution in [1.82, 2.24) is 0 Å². The summed E-state index contributed by atoms with van der Waals surface area (Å²) in [6.45, 7) is -0.123. The summed E-state index contributed by atoms with van der Waals surface area (Å²) >= 11 is 5.67. The summed E-state index contributed by atoms with van der Waals surface area (Å²) in [6.07, 6.45) is -4.82. The Kier molecular flexibility index (Phi) is 4.91. The number of anilines is 2. The highest BCUT2D eigenvalue weighted by Gasteiger charge is 2.41. The van der Waals surface area contributed by atoms with E-state index in [4.69, 9.17) is 11.6 Å². The second kappa shape index (κ2) is 6.99. The van der Waals surface area contributed by atoms with Crippen LogP contribution in [-0.2, 0) is 15.8 Å². The fourth-order valence-electron chi connectivity index (χ4n) is 2.85. The molecule has 2 aromatic rings. The first-order valence-corrected chi connectivity index (χ1v) is 8.16. The summed E-state index contributed by atoms with van der Waals surface area (Å²) in [4.78, 5) is 25.6. The number of alkyl halides is 3. The topological polar surface area (TPSA) is 49.4 Å². The number of amides is 2. The zero-order valence-corrected chi connectivity index (χ0v) is 14.1. The molecule has 1 heterocycles. The monoisotopic (exact) mass is 382 g/mol. The molecular formula is C18H14ClF3N2O2. The van der Waals surface area contributed by atoms with Crippen molar-refractivity contribution in [2.24, 2.45) is 5.92 Å². The minimum atomic E-state index is -4.66. The van der Waals surface area contributed by atoms with E-state index in [1.54, 1.807) is 30.3 Å². The Bertz CT molecular complexity index is 840. The second-order valence-electron chi connectivity index (χ2n) is 5.92. The van der Waals surface area contributed by atoms with Crippen LogP contribution in [0.1, 0.15) is 12.0 Å². The Morgan fingerprint density at radius 2 is 1.85 bits per heavy atom. The molecule has 1 saturated heterocycles. The molecule has 0 aliphatic carbocycles. The first kappa shape index (κ1) is 18.3. The van der Waals surface area contributed by atoms with Crippen LogP contribution in [0, 0.1) is 5.92 Å². The SMILES string of the molecule is O=C(Nc1ccccc1)C1CC(=O)N(c2ccc(Cl)cc2C(F)(F)F)C1. The molecule has 0 aromatic heterocycles. The Balaban J connectivity index is 1.81. The van der Waals surface area contributed by atoms with E-state index in [1.807, 2.05) is 0 Å². The van der Waals surface area contributed by atoms with Crippen molar-refractivity contribution in [3.05, 3.63) is 59.1 Å². The third-order valence-corrected chi connectivity index (χ3v) is 4.33. The molecule has 1 aliphatic heterocycles. The van der Waals surface area contributed by atoms with Crippen LogP contribution in [0.5, 0.6) is 0 Å². The van der Waals surface area contributed by atoms with Gasteiger partial charge in [0.1, 0.15) is 0 Å². The van der Waals surface area contributed by atoms with Crippen LogP contribution in [0.25, 0.3) is 0 Å². The van der Waals surface area contributed by atoms with Gasteiger partial charge < -0.3 is 10.2 Å². The van der Waals surface area contributed by atoms with Gasteiger partial charge >= 0.3 is 6.18 Å². The Morgan fingerprint density at radius 1 is 1.15 bits per heavy atom. The van der Waals surface area contributed by atoms with Crippen molar-refractivity contribution in [3.8, 4) is 0 Å². The number of halogens is 4. The standard InChI is InChI=1S/C18H14ClF3N2O2/c19-12-6-7-15(14(9-12)18(20,21)22)24-10-11(8-16(24)25)17(26)23-13-4-2-1-3-5-13/h1-7,9,11H,8,10H2,(H,23,26). The highest BCUT2D eigenvalue weighted by atomic mass is 35.5. The Morgan fingerprint density at radius 3 is 2.50 bits per heavy atom. The largest absolute Gasteiger partial charge is 0.418 e. The lowest BCUT2D eigenvalue weighted by atomic mass is 10.1. The number of rotatable bonds is 3. The van der Waals surface area contributed by atoms with Gasteiger partial charge in [0.05, 0.1) is 17.2 Å². The van der Waals surface area contributed by atoms with Gasteiger partial charge in [-0.05, 0) is 30.3 Å². The first-order valence-electron chi connectivity index (χ1n) is 7.79. The van der Waals surface area contributed by atoms with Crippen LogP contribution in [0.2, 0.25) is 5.02 Å². The molecule has 0 bridgehead atoms. The highest BCUT2D eigenvalue weighted by Crippen LogP contribution is 2.40. The number of carbonyl (C=O) groups is 2. The Labute approximate surface area is 152 Å². The maximum atomic E-state index is 13.3. The molecule has 2 amide bonds. The summed E-state index contributed by atoms with van der Waals surface area (Å²) < 4.78 is 39.8. The maximum Gasteiger partial charge on any atom is 0.418 e. The fourth-order valence-corrected chi connectivity index (χ4v) is 3.02. The third-order valence-electron chi connectivity index (χ3n) is 4.09. The number of nitrogens with one attached hydrogen (secondary N) is 1. The molecule has 1 fully saturated rings. The second-order valence-corrected chi connectivity index (χ2v) is 6.36. The minimum absolute atomic E-state index is 0.0777. The molecule has 3 rings (SSSR count). The lowest BCUT2D eigenvalue weighted by Gasteiger charge is -2.22. The molecule has 136 valence electrons. The van der Waals surface area contributed by atoms with Gasteiger partial charge in [-0.15, -0.1) is 0 Å². The third kappa shape index (κ3) is 3.83. The number of carbonyl (C=O) groups excluding carboxylic acids is 2. The molecule has 4 nitrogen and oxygen atoms in total. The van der Waals surface area contributed by atoms with Gasteiger partial charge in [0.2, 0.25) is 11.8 Å². The zero-order chi connectivity index (χ0) is 18.9. The number of nitrogens with zero attached hydrogens (tertiary/aromatic N) is 1. The van der Waals surface area contributed by atoms with E-state index in [0.29, 0.717) is 5.69 Å². The molecule has 1 atom stereocenters. The molecule has 0 radical (unpaired) electrons. The summed E-state index contributed by atoms with van der Waals surface area (Å²) in [6, 6.07) is 11.9. The molecule has 1 N–H and O–H groups in total. The van der Waals surface area contributed by atoms with Gasteiger partial charge in [0, 0.05) is 23.7 Å². The average molecular weight is 383 g/mol. The summed E-state index contributed by atoms with van der Waals surface area (Å²) in [5, 5.41) is 2.59. The van der Waals surface area contributed by atoms with Crippen LogP contribution in [0.3, 0.4) is 0 Å². The summed E-state index contributed by atoms with van der Waals surface area (Å²) in [5.74, 6) is -1.68. The van der Waals surface area contributed by atoms with Gasteiger partial charge in [-0.1, -0.05) is 29.8 Å². The van der Waals surface area contributed by atoms with E-state index < -0.39 is 29.5 Å². The van der Waals surface area contributed by atoms with E-state index in [1.165, 1.54) is 6.07 Å². The normalized spacial score (nSPS) is 17.5. The maximum absolute atomic E-state index is 13.3. The molecule has 1 aliphatic rings. The van der Waals surface area contributed by atoms with E-state index in [2.05, 4.69) is 5.32 Å². The van der Waals surface area contributed by atoms with E-state index in [0.717, 1.165) is 17.0 Å². The quantitative estimate of drug-likeness (QED) is 0.858. The molecule has 1 unspecified atom stereocenters. The van der Waals surface area contributed by atoms with E-state index in [9.17, 15) is 22.8 Å². The van der Waals surface area contributed by atoms with Crippen molar-refractivity contribution in [3.63, 3.8) is 0 Å². The van der Waals surface area contributed by atoms with Crippen molar-refractivity contribution in [2.45, 2.75) is 12.6 Å². The van der Waals surface area contributed by atoms with Crippen molar-refractivity contribution >= 4 is 34.8 Å². The lowest BCUT2D eigenvalue weighted by Crippen LogP contribution is -2.29. The van der Waals surface area contributed by atoms with Crippen molar-refractivity contribution < 1.29 is 22.8 Å². The summed E-state index contributed by atoms with van der Waals surface area (Å²) in [5.41, 5.74) is -0.727. The smallest absolute Gasteiger partial charge is 0.326 e. The number of hydrogen-bond acceptors (Lipinski definition) is 2. The van der Waals surface area contributed by atoms with Crippen LogP contribution < -0.4 is 10.2 Å². The number of para-hydroxylation sites is 1. The molecule has 0 spiro atoms.